The summed E-state index contributed by atoms with van der Waals surface area (Å²) < 4.78 is 32.0. The molecule has 2 aliphatic heterocycles. The van der Waals surface area contributed by atoms with Crippen LogP contribution in [0.25, 0.3) is 11.1 Å². The normalized spacial score (nSPS) is 22.4. The lowest BCUT2D eigenvalue weighted by atomic mass is 9.94. The minimum atomic E-state index is -2.71. The number of amides is 1. The molecule has 2 aliphatic rings. The van der Waals surface area contributed by atoms with Gasteiger partial charge >= 0.3 is 6.55 Å². The van der Waals surface area contributed by atoms with E-state index in [0.29, 0.717) is 27.9 Å². The monoisotopic (exact) mass is 320 g/mol. The van der Waals surface area contributed by atoms with E-state index in [2.05, 4.69) is 10.1 Å². The fourth-order valence-electron chi connectivity index (χ4n) is 3.32. The van der Waals surface area contributed by atoms with E-state index in [4.69, 9.17) is 10.5 Å². The van der Waals surface area contributed by atoms with Crippen molar-refractivity contribution in [3.05, 3.63) is 35.4 Å². The van der Waals surface area contributed by atoms with Gasteiger partial charge in [0, 0.05) is 18.2 Å². The highest BCUT2D eigenvalue weighted by Crippen LogP contribution is 2.43. The topological polar surface area (TPSA) is 83.0 Å². The molecule has 0 radical (unpaired) electrons. The number of alkyl halides is 2. The second kappa shape index (κ2) is 5.09. The van der Waals surface area contributed by atoms with Gasteiger partial charge in [-0.05, 0) is 30.0 Å². The first kappa shape index (κ1) is 14.3. The molecule has 2 bridgehead atoms. The van der Waals surface area contributed by atoms with E-state index in [-0.39, 0.29) is 17.9 Å². The van der Waals surface area contributed by atoms with E-state index in [1.165, 1.54) is 12.4 Å². The summed E-state index contributed by atoms with van der Waals surface area (Å²) in [6.45, 7) is -2.71. The summed E-state index contributed by atoms with van der Waals surface area (Å²) in [5, 5.41) is 3.67. The summed E-state index contributed by atoms with van der Waals surface area (Å²) in [6.07, 6.45) is 4.98. The van der Waals surface area contributed by atoms with Crippen LogP contribution in [-0.2, 0) is 11.2 Å². The lowest BCUT2D eigenvalue weighted by Crippen LogP contribution is -2.23. The predicted molar refractivity (Wildman–Crippen MR) is 75.8 cm³/mol. The third-order valence-electron chi connectivity index (χ3n) is 4.37. The average molecular weight is 320 g/mol. The van der Waals surface area contributed by atoms with E-state index < -0.39 is 12.5 Å². The number of hydrogen-bond donors (Lipinski definition) is 1. The number of rotatable bonds is 3. The molecular formula is C15H14F2N4O2. The smallest absolute Gasteiger partial charge is 0.333 e. The van der Waals surface area contributed by atoms with Gasteiger partial charge in [0.1, 0.15) is 11.8 Å². The first-order chi connectivity index (χ1) is 11.0. The Morgan fingerprint density at radius 3 is 2.96 bits per heavy atom. The largest absolute Gasteiger partial charge is 0.368 e. The van der Waals surface area contributed by atoms with Crippen LogP contribution in [-0.4, -0.2) is 26.8 Å². The summed E-state index contributed by atoms with van der Waals surface area (Å²) in [5.41, 5.74) is 8.29. The molecule has 1 amide bonds. The number of carbonyl (C=O) groups is 1. The van der Waals surface area contributed by atoms with Crippen LogP contribution in [0.3, 0.4) is 0 Å². The molecule has 4 heterocycles. The van der Waals surface area contributed by atoms with Crippen molar-refractivity contribution in [3.8, 4) is 11.1 Å². The third-order valence-corrected chi connectivity index (χ3v) is 4.37. The second-order valence-electron chi connectivity index (χ2n) is 5.80. The Labute approximate surface area is 130 Å². The van der Waals surface area contributed by atoms with Crippen molar-refractivity contribution >= 4 is 5.91 Å². The summed E-state index contributed by atoms with van der Waals surface area (Å²) >= 11 is 0. The number of aromatic nitrogens is 3. The Hall–Kier alpha value is -2.35. The molecule has 2 aromatic rings. The lowest BCUT2D eigenvalue weighted by molar-refractivity contribution is 0.0295. The molecule has 4 rings (SSSR count). The number of nitrogens with zero attached hydrogens (tertiary/aromatic N) is 3. The zero-order valence-corrected chi connectivity index (χ0v) is 12.1. The maximum atomic E-state index is 12.8. The Bertz CT molecular complexity index is 790. The summed E-state index contributed by atoms with van der Waals surface area (Å²) in [5.74, 6) is -0.657. The molecule has 8 heteroatoms. The van der Waals surface area contributed by atoms with Crippen LogP contribution in [0.5, 0.6) is 0 Å². The van der Waals surface area contributed by atoms with E-state index in [9.17, 15) is 13.6 Å². The Morgan fingerprint density at radius 1 is 1.43 bits per heavy atom. The Kier molecular flexibility index (Phi) is 3.15. The molecule has 2 N–H and O–H groups in total. The number of primary amides is 1. The number of pyridine rings is 1. The maximum Gasteiger partial charge on any atom is 0.333 e. The van der Waals surface area contributed by atoms with E-state index in [1.807, 2.05) is 0 Å². The van der Waals surface area contributed by atoms with Crippen LogP contribution in [0, 0.1) is 0 Å². The zero-order chi connectivity index (χ0) is 16.1. The zero-order valence-electron chi connectivity index (χ0n) is 12.1. The van der Waals surface area contributed by atoms with E-state index in [1.54, 1.807) is 6.07 Å². The van der Waals surface area contributed by atoms with Gasteiger partial charge in [0.25, 0.3) is 5.91 Å². The molecule has 1 saturated heterocycles. The van der Waals surface area contributed by atoms with Gasteiger partial charge in [-0.2, -0.15) is 13.9 Å². The average Bonchev–Trinajstić information content (AvgIpc) is 3.14. The summed E-state index contributed by atoms with van der Waals surface area (Å²) in [6, 6.07) is 1.55. The first-order valence-electron chi connectivity index (χ1n) is 7.34. The summed E-state index contributed by atoms with van der Waals surface area (Å²) in [7, 11) is 0. The number of carbonyl (C=O) groups excluding carboxylic acids is 1. The van der Waals surface area contributed by atoms with Crippen molar-refractivity contribution in [2.75, 3.05) is 0 Å². The molecule has 0 aliphatic carbocycles. The van der Waals surface area contributed by atoms with Crippen molar-refractivity contribution in [2.45, 2.75) is 38.0 Å². The van der Waals surface area contributed by atoms with Gasteiger partial charge in [-0.3, -0.25) is 4.79 Å². The van der Waals surface area contributed by atoms with Crippen LogP contribution >= 0.6 is 0 Å². The fraction of sp³-hybridized carbons (Fsp3) is 0.400. The van der Waals surface area contributed by atoms with Gasteiger partial charge in [0.15, 0.2) is 0 Å². The number of hydrogen-bond acceptors (Lipinski definition) is 4. The van der Waals surface area contributed by atoms with Gasteiger partial charge in [-0.1, -0.05) is 0 Å². The number of ether oxygens (including phenoxy) is 1. The molecule has 23 heavy (non-hydrogen) atoms. The van der Waals surface area contributed by atoms with Crippen molar-refractivity contribution in [2.24, 2.45) is 5.73 Å². The van der Waals surface area contributed by atoms with Crippen LogP contribution in [0.15, 0.2) is 18.5 Å². The van der Waals surface area contributed by atoms with Crippen molar-refractivity contribution < 1.29 is 18.3 Å². The van der Waals surface area contributed by atoms with Gasteiger partial charge in [0.05, 0.1) is 18.0 Å². The predicted octanol–water partition coefficient (Wildman–Crippen LogP) is 2.22. The third kappa shape index (κ3) is 2.29. The van der Waals surface area contributed by atoms with Crippen molar-refractivity contribution in [1.29, 1.82) is 0 Å². The molecule has 0 aromatic carbocycles. The highest BCUT2D eigenvalue weighted by Gasteiger charge is 2.37. The highest BCUT2D eigenvalue weighted by molar-refractivity contribution is 5.92. The molecule has 1 fully saturated rings. The van der Waals surface area contributed by atoms with E-state index >= 15 is 0 Å². The molecule has 0 saturated carbocycles. The number of halogens is 2. The highest BCUT2D eigenvalue weighted by atomic mass is 19.3. The molecule has 120 valence electrons. The number of fused-ring (bicyclic) bond motifs is 4. The second-order valence-corrected chi connectivity index (χ2v) is 5.80. The Balaban J connectivity index is 1.89. The number of nitrogens with two attached hydrogens (primary N) is 1. The SMILES string of the molecule is NC(=O)c1cc(-c2cnn(C(F)F)c2)c2c(n1)[C@@H]1CC[C@@H](C2)O1. The molecule has 2 atom stereocenters. The maximum absolute atomic E-state index is 12.8. The van der Waals surface area contributed by atoms with Crippen LogP contribution in [0.2, 0.25) is 0 Å². The molecule has 2 aromatic heterocycles. The van der Waals surface area contributed by atoms with Gasteiger partial charge in [0.2, 0.25) is 0 Å². The lowest BCUT2D eigenvalue weighted by Gasteiger charge is -2.25. The van der Waals surface area contributed by atoms with E-state index in [0.717, 1.165) is 18.4 Å². The van der Waals surface area contributed by atoms with Crippen molar-refractivity contribution in [1.82, 2.24) is 14.8 Å². The van der Waals surface area contributed by atoms with Crippen LogP contribution in [0.4, 0.5) is 8.78 Å². The molecular weight excluding hydrogens is 306 g/mol. The Morgan fingerprint density at radius 2 is 2.26 bits per heavy atom. The fourth-order valence-corrected chi connectivity index (χ4v) is 3.32. The first-order valence-corrected chi connectivity index (χ1v) is 7.34. The molecule has 0 unspecified atom stereocenters. The van der Waals surface area contributed by atoms with Gasteiger partial charge in [-0.25, -0.2) is 9.67 Å². The van der Waals surface area contributed by atoms with Crippen LogP contribution in [0.1, 0.15) is 47.2 Å². The van der Waals surface area contributed by atoms with Gasteiger partial charge in [-0.15, -0.1) is 0 Å². The van der Waals surface area contributed by atoms with Gasteiger partial charge < -0.3 is 10.5 Å². The standard InChI is InChI=1S/C15H14F2N4O2/c16-15(17)21-6-7(5-19-21)9-4-11(14(18)22)20-13-10(9)3-8-1-2-12(13)23-8/h4-6,8,12,15H,1-3H2,(H2,18,22)/t8-,12-/m0/s1. The molecule has 0 spiro atoms. The minimum Gasteiger partial charge on any atom is -0.368 e. The molecule has 6 nitrogen and oxygen atoms in total. The van der Waals surface area contributed by atoms with Crippen LogP contribution < -0.4 is 5.73 Å². The van der Waals surface area contributed by atoms with Crippen molar-refractivity contribution in [3.63, 3.8) is 0 Å². The quantitative estimate of drug-likeness (QED) is 0.940. The minimum absolute atomic E-state index is 0.109. The summed E-state index contributed by atoms with van der Waals surface area (Å²) in [4.78, 5) is 15.9.